The molecule has 1 aromatic heterocycles. The highest BCUT2D eigenvalue weighted by atomic mass is 16.5. The van der Waals surface area contributed by atoms with Crippen LogP contribution in [0.15, 0.2) is 12.3 Å². The molecule has 2 N–H and O–H groups in total. The second-order valence-electron chi connectivity index (χ2n) is 6.10. The third-order valence-electron chi connectivity index (χ3n) is 3.92. The number of aromatic nitrogens is 2. The van der Waals surface area contributed by atoms with Crippen LogP contribution in [0.5, 0.6) is 0 Å². The van der Waals surface area contributed by atoms with Crippen LogP contribution in [0, 0.1) is 5.41 Å². The van der Waals surface area contributed by atoms with Crippen molar-refractivity contribution >= 4 is 11.8 Å². The van der Waals surface area contributed by atoms with Gasteiger partial charge in [0.1, 0.15) is 5.82 Å². The van der Waals surface area contributed by atoms with Gasteiger partial charge < -0.3 is 15.4 Å². The number of piperidine rings is 1. The lowest BCUT2D eigenvalue weighted by Gasteiger charge is -2.36. The maximum atomic E-state index is 11.7. The Bertz CT molecular complexity index is 461. The lowest BCUT2D eigenvalue weighted by molar-refractivity contribution is -0.152. The van der Waals surface area contributed by atoms with E-state index in [2.05, 4.69) is 10.00 Å². The van der Waals surface area contributed by atoms with E-state index in [1.807, 2.05) is 30.8 Å². The third-order valence-corrected chi connectivity index (χ3v) is 3.92. The minimum atomic E-state index is -0.461. The Hall–Kier alpha value is -1.56. The predicted molar refractivity (Wildman–Crippen MR) is 77.1 cm³/mol. The van der Waals surface area contributed by atoms with Gasteiger partial charge in [0.05, 0.1) is 18.6 Å². The fourth-order valence-electron chi connectivity index (χ4n) is 2.80. The Morgan fingerprint density at radius 3 is 2.65 bits per heavy atom. The van der Waals surface area contributed by atoms with Crippen LogP contribution in [0.1, 0.15) is 32.7 Å². The molecule has 1 fully saturated rings. The number of carbonyl (C=O) groups is 1. The first-order valence-electron chi connectivity index (χ1n) is 7.04. The van der Waals surface area contributed by atoms with Crippen LogP contribution in [0.4, 0.5) is 5.82 Å². The monoisotopic (exact) mass is 280 g/mol. The number of likely N-dealkylation sites (tertiary alicyclic amines) is 1. The van der Waals surface area contributed by atoms with E-state index >= 15 is 0 Å². The molecule has 2 rings (SSSR count). The zero-order chi connectivity index (χ0) is 14.8. The van der Waals surface area contributed by atoms with Crippen molar-refractivity contribution < 1.29 is 9.53 Å². The molecule has 0 saturated carbocycles. The number of nitrogens with zero attached hydrogens (tertiary/aromatic N) is 3. The number of hydrogen-bond donors (Lipinski definition) is 1. The molecule has 0 aliphatic carbocycles. The van der Waals surface area contributed by atoms with Crippen molar-refractivity contribution in [2.24, 2.45) is 5.41 Å². The molecule has 1 aliphatic rings. The van der Waals surface area contributed by atoms with Crippen molar-refractivity contribution in [1.82, 2.24) is 14.7 Å². The average Bonchev–Trinajstić information content (AvgIpc) is 2.85. The van der Waals surface area contributed by atoms with Crippen molar-refractivity contribution in [3.8, 4) is 0 Å². The lowest BCUT2D eigenvalue weighted by atomic mass is 9.91. The van der Waals surface area contributed by atoms with E-state index in [0.717, 1.165) is 32.5 Å². The van der Waals surface area contributed by atoms with Gasteiger partial charge in [-0.15, -0.1) is 0 Å². The highest BCUT2D eigenvalue weighted by molar-refractivity contribution is 5.76. The predicted octanol–water partition coefficient (Wildman–Crippen LogP) is 1.30. The van der Waals surface area contributed by atoms with E-state index in [9.17, 15) is 4.79 Å². The Labute approximate surface area is 119 Å². The van der Waals surface area contributed by atoms with E-state index in [1.54, 1.807) is 0 Å². The van der Waals surface area contributed by atoms with E-state index in [4.69, 9.17) is 10.5 Å². The second-order valence-corrected chi connectivity index (χ2v) is 6.10. The topological polar surface area (TPSA) is 73.4 Å². The van der Waals surface area contributed by atoms with E-state index in [0.29, 0.717) is 11.9 Å². The van der Waals surface area contributed by atoms with Crippen LogP contribution in [-0.4, -0.2) is 47.4 Å². The molecule has 0 aromatic carbocycles. The SMILES string of the molecule is COC(=O)C(C)(C)CN1CCC(n2ccc(N)n2)CC1. The summed E-state index contributed by atoms with van der Waals surface area (Å²) in [5.41, 5.74) is 5.19. The van der Waals surface area contributed by atoms with E-state index in [-0.39, 0.29) is 5.97 Å². The van der Waals surface area contributed by atoms with Gasteiger partial charge in [0, 0.05) is 25.8 Å². The van der Waals surface area contributed by atoms with Crippen LogP contribution in [0.2, 0.25) is 0 Å². The van der Waals surface area contributed by atoms with Gasteiger partial charge in [-0.3, -0.25) is 9.48 Å². The minimum Gasteiger partial charge on any atom is -0.469 e. The molecule has 0 spiro atoms. The molecular weight excluding hydrogens is 256 g/mol. The molecular formula is C14H24N4O2. The summed E-state index contributed by atoms with van der Waals surface area (Å²) in [6, 6.07) is 2.23. The van der Waals surface area contributed by atoms with Gasteiger partial charge in [-0.1, -0.05) is 0 Å². The van der Waals surface area contributed by atoms with Gasteiger partial charge in [-0.05, 0) is 32.8 Å². The first-order chi connectivity index (χ1) is 9.42. The van der Waals surface area contributed by atoms with Crippen molar-refractivity contribution in [3.63, 3.8) is 0 Å². The summed E-state index contributed by atoms with van der Waals surface area (Å²) in [5.74, 6) is 0.415. The summed E-state index contributed by atoms with van der Waals surface area (Å²) in [6.07, 6.45) is 3.99. The molecule has 0 unspecified atom stereocenters. The summed E-state index contributed by atoms with van der Waals surface area (Å²) in [6.45, 7) is 6.52. The van der Waals surface area contributed by atoms with Crippen molar-refractivity contribution in [2.75, 3.05) is 32.5 Å². The normalized spacial score (nSPS) is 18.1. The largest absolute Gasteiger partial charge is 0.469 e. The highest BCUT2D eigenvalue weighted by Gasteiger charge is 2.32. The molecule has 112 valence electrons. The van der Waals surface area contributed by atoms with Gasteiger partial charge in [0.25, 0.3) is 0 Å². The molecule has 0 bridgehead atoms. The first-order valence-corrected chi connectivity index (χ1v) is 7.04. The van der Waals surface area contributed by atoms with Gasteiger partial charge in [0.15, 0.2) is 0 Å². The number of anilines is 1. The van der Waals surface area contributed by atoms with Crippen molar-refractivity contribution in [1.29, 1.82) is 0 Å². The van der Waals surface area contributed by atoms with Crippen molar-refractivity contribution in [3.05, 3.63) is 12.3 Å². The third kappa shape index (κ3) is 3.30. The summed E-state index contributed by atoms with van der Waals surface area (Å²) in [7, 11) is 1.44. The number of ether oxygens (including phenoxy) is 1. The number of esters is 1. The fourth-order valence-corrected chi connectivity index (χ4v) is 2.80. The lowest BCUT2D eigenvalue weighted by Crippen LogP contribution is -2.43. The van der Waals surface area contributed by atoms with Crippen LogP contribution >= 0.6 is 0 Å². The molecule has 6 heteroatoms. The molecule has 20 heavy (non-hydrogen) atoms. The van der Waals surface area contributed by atoms with Gasteiger partial charge in [0.2, 0.25) is 0 Å². The molecule has 0 atom stereocenters. The molecule has 6 nitrogen and oxygen atoms in total. The second kappa shape index (κ2) is 5.83. The molecule has 1 saturated heterocycles. The maximum Gasteiger partial charge on any atom is 0.312 e. The number of carbonyl (C=O) groups excluding carboxylic acids is 1. The van der Waals surface area contributed by atoms with Crippen LogP contribution < -0.4 is 5.73 Å². The zero-order valence-electron chi connectivity index (χ0n) is 12.5. The molecule has 0 radical (unpaired) electrons. The summed E-state index contributed by atoms with van der Waals surface area (Å²) in [4.78, 5) is 14.0. The summed E-state index contributed by atoms with van der Waals surface area (Å²) in [5, 5.41) is 4.28. The van der Waals surface area contributed by atoms with Crippen LogP contribution in [0.3, 0.4) is 0 Å². The van der Waals surface area contributed by atoms with Gasteiger partial charge in [-0.25, -0.2) is 0 Å². The number of methoxy groups -OCH3 is 1. The number of nitrogens with two attached hydrogens (primary N) is 1. The summed E-state index contributed by atoms with van der Waals surface area (Å²) < 4.78 is 6.81. The fraction of sp³-hybridized carbons (Fsp3) is 0.714. The number of hydrogen-bond acceptors (Lipinski definition) is 5. The Kier molecular flexibility index (Phi) is 4.32. The van der Waals surface area contributed by atoms with Crippen LogP contribution in [-0.2, 0) is 9.53 Å². The first kappa shape index (κ1) is 14.8. The Morgan fingerprint density at radius 2 is 2.15 bits per heavy atom. The molecule has 0 amide bonds. The standard InChI is InChI=1S/C14H24N4O2/c1-14(2,13(19)20-3)10-17-7-4-11(5-8-17)18-9-6-12(15)16-18/h6,9,11H,4-5,7-8,10H2,1-3H3,(H2,15,16). The quantitative estimate of drug-likeness (QED) is 0.842. The minimum absolute atomic E-state index is 0.153. The van der Waals surface area contributed by atoms with E-state index < -0.39 is 5.41 Å². The number of rotatable bonds is 4. The Balaban J connectivity index is 1.87. The van der Waals surface area contributed by atoms with E-state index in [1.165, 1.54) is 7.11 Å². The van der Waals surface area contributed by atoms with Crippen LogP contribution in [0.25, 0.3) is 0 Å². The number of nitrogen functional groups attached to an aromatic ring is 1. The molecule has 1 aliphatic heterocycles. The van der Waals surface area contributed by atoms with Gasteiger partial charge in [-0.2, -0.15) is 5.10 Å². The summed E-state index contributed by atoms with van der Waals surface area (Å²) >= 11 is 0. The van der Waals surface area contributed by atoms with Crippen molar-refractivity contribution in [2.45, 2.75) is 32.7 Å². The maximum absolute atomic E-state index is 11.7. The Morgan fingerprint density at radius 1 is 1.50 bits per heavy atom. The highest BCUT2D eigenvalue weighted by Crippen LogP contribution is 2.26. The zero-order valence-corrected chi connectivity index (χ0v) is 12.5. The van der Waals surface area contributed by atoms with Gasteiger partial charge >= 0.3 is 5.97 Å². The molecule has 2 heterocycles. The molecule has 1 aromatic rings. The average molecular weight is 280 g/mol. The smallest absolute Gasteiger partial charge is 0.312 e.